The molecule has 1 atom stereocenters. The minimum absolute atomic E-state index is 0.488. The van der Waals surface area contributed by atoms with Crippen LogP contribution in [0.15, 0.2) is 24.7 Å². The summed E-state index contributed by atoms with van der Waals surface area (Å²) in [5.41, 5.74) is 3.04. The van der Waals surface area contributed by atoms with Gasteiger partial charge in [0, 0.05) is 37.9 Å². The molecule has 3 heterocycles. The van der Waals surface area contributed by atoms with Crippen molar-refractivity contribution in [3.63, 3.8) is 0 Å². The van der Waals surface area contributed by atoms with Gasteiger partial charge < -0.3 is 4.90 Å². The Morgan fingerprint density at radius 1 is 1.29 bits per heavy atom. The molecule has 5 heteroatoms. The summed E-state index contributed by atoms with van der Waals surface area (Å²) in [6, 6.07) is 2.58. The Balaban J connectivity index is 1.84. The molecule has 5 nitrogen and oxygen atoms in total. The van der Waals surface area contributed by atoms with Crippen LogP contribution < -0.4 is 0 Å². The van der Waals surface area contributed by atoms with E-state index in [9.17, 15) is 0 Å². The summed E-state index contributed by atoms with van der Waals surface area (Å²) in [5.74, 6) is 0.488. The van der Waals surface area contributed by atoms with Gasteiger partial charge in [0.2, 0.25) is 0 Å². The quantitative estimate of drug-likeness (QED) is 0.869. The molecule has 0 spiro atoms. The number of rotatable bonds is 3. The molecule has 0 saturated carbocycles. The zero-order chi connectivity index (χ0) is 14.8. The normalized spacial score (nSPS) is 20.1. The van der Waals surface area contributed by atoms with E-state index in [2.05, 4.69) is 28.8 Å². The maximum absolute atomic E-state index is 4.84. The lowest BCUT2D eigenvalue weighted by atomic mass is 9.94. The smallest absolute Gasteiger partial charge is 0.107 e. The first kappa shape index (κ1) is 14.2. The highest BCUT2D eigenvalue weighted by Crippen LogP contribution is 2.27. The third-order valence-electron chi connectivity index (χ3n) is 4.34. The summed E-state index contributed by atoms with van der Waals surface area (Å²) < 4.78 is 1.84. The van der Waals surface area contributed by atoms with Crippen molar-refractivity contribution in [3.8, 4) is 11.4 Å². The first-order valence-electron chi connectivity index (χ1n) is 7.69. The first-order valence-corrected chi connectivity index (χ1v) is 7.69. The molecule has 2 aromatic heterocycles. The monoisotopic (exact) mass is 285 g/mol. The summed E-state index contributed by atoms with van der Waals surface area (Å²) >= 11 is 0. The van der Waals surface area contributed by atoms with E-state index in [1.54, 1.807) is 6.20 Å². The average Bonchev–Trinajstić information content (AvgIpc) is 2.94. The molecule has 0 aliphatic carbocycles. The molecule has 0 aromatic carbocycles. The van der Waals surface area contributed by atoms with E-state index >= 15 is 0 Å². The number of piperidine rings is 1. The molecule has 0 radical (unpaired) electrons. The van der Waals surface area contributed by atoms with Gasteiger partial charge in [0.25, 0.3) is 0 Å². The largest absolute Gasteiger partial charge is 0.300 e. The third-order valence-corrected chi connectivity index (χ3v) is 4.34. The van der Waals surface area contributed by atoms with Gasteiger partial charge in [0.1, 0.15) is 5.69 Å². The highest BCUT2D eigenvalue weighted by atomic mass is 15.3. The summed E-state index contributed by atoms with van der Waals surface area (Å²) in [6.45, 7) is 6.81. The zero-order valence-electron chi connectivity index (χ0n) is 13.0. The van der Waals surface area contributed by atoms with Gasteiger partial charge in [0.05, 0.1) is 17.6 Å². The SMILES string of the molecule is CC(C)N1CCC[C@H](c2cncc(-c3ccnn3C)n2)C1. The topological polar surface area (TPSA) is 46.8 Å². The van der Waals surface area contributed by atoms with Gasteiger partial charge in [0.15, 0.2) is 0 Å². The second-order valence-electron chi connectivity index (χ2n) is 6.10. The minimum Gasteiger partial charge on any atom is -0.300 e. The van der Waals surface area contributed by atoms with E-state index in [4.69, 9.17) is 4.98 Å². The molecule has 3 rings (SSSR count). The van der Waals surface area contributed by atoms with Gasteiger partial charge in [-0.1, -0.05) is 0 Å². The lowest BCUT2D eigenvalue weighted by Gasteiger charge is -2.35. The van der Waals surface area contributed by atoms with Crippen molar-refractivity contribution >= 4 is 0 Å². The number of hydrogen-bond acceptors (Lipinski definition) is 4. The number of aryl methyl sites for hydroxylation is 1. The van der Waals surface area contributed by atoms with E-state index < -0.39 is 0 Å². The van der Waals surface area contributed by atoms with Crippen LogP contribution in [0.4, 0.5) is 0 Å². The maximum Gasteiger partial charge on any atom is 0.107 e. The molecule has 1 fully saturated rings. The molecule has 0 amide bonds. The van der Waals surface area contributed by atoms with Gasteiger partial charge in [-0.2, -0.15) is 5.10 Å². The van der Waals surface area contributed by atoms with Gasteiger partial charge >= 0.3 is 0 Å². The Labute approximate surface area is 126 Å². The summed E-state index contributed by atoms with van der Waals surface area (Å²) in [4.78, 5) is 11.8. The van der Waals surface area contributed by atoms with Crippen LogP contribution in [0.2, 0.25) is 0 Å². The first-order chi connectivity index (χ1) is 10.1. The predicted octanol–water partition coefficient (Wildman–Crippen LogP) is 2.46. The highest BCUT2D eigenvalue weighted by molar-refractivity contribution is 5.52. The fraction of sp³-hybridized carbons (Fsp3) is 0.562. The van der Waals surface area contributed by atoms with E-state index in [0.29, 0.717) is 12.0 Å². The van der Waals surface area contributed by atoms with Gasteiger partial charge in [-0.15, -0.1) is 0 Å². The Hall–Kier alpha value is -1.75. The molecule has 0 N–H and O–H groups in total. The van der Waals surface area contributed by atoms with Crippen molar-refractivity contribution in [1.29, 1.82) is 0 Å². The van der Waals surface area contributed by atoms with Crippen molar-refractivity contribution < 1.29 is 0 Å². The van der Waals surface area contributed by atoms with Gasteiger partial charge in [-0.25, -0.2) is 4.98 Å². The fourth-order valence-corrected chi connectivity index (χ4v) is 3.04. The van der Waals surface area contributed by atoms with Crippen LogP contribution in [-0.2, 0) is 7.05 Å². The van der Waals surface area contributed by atoms with Crippen molar-refractivity contribution in [1.82, 2.24) is 24.6 Å². The minimum atomic E-state index is 0.488. The highest BCUT2D eigenvalue weighted by Gasteiger charge is 2.24. The second-order valence-corrected chi connectivity index (χ2v) is 6.10. The second kappa shape index (κ2) is 5.93. The van der Waals surface area contributed by atoms with Gasteiger partial charge in [-0.3, -0.25) is 9.67 Å². The zero-order valence-corrected chi connectivity index (χ0v) is 13.0. The molecule has 1 aliphatic rings. The number of aromatic nitrogens is 4. The third kappa shape index (κ3) is 2.97. The molecule has 2 aromatic rings. The van der Waals surface area contributed by atoms with Crippen LogP contribution in [0.3, 0.4) is 0 Å². The van der Waals surface area contributed by atoms with E-state index in [0.717, 1.165) is 23.6 Å². The Morgan fingerprint density at radius 2 is 2.14 bits per heavy atom. The number of hydrogen-bond donors (Lipinski definition) is 0. The predicted molar refractivity (Wildman–Crippen MR) is 82.9 cm³/mol. The Kier molecular flexibility index (Phi) is 4.01. The van der Waals surface area contributed by atoms with Crippen LogP contribution >= 0.6 is 0 Å². The molecular weight excluding hydrogens is 262 g/mol. The van der Waals surface area contributed by atoms with Crippen molar-refractivity contribution in [2.45, 2.75) is 38.6 Å². The standard InChI is InChI=1S/C16H23N5/c1-12(2)21-8-4-5-13(11-21)14-9-17-10-15(19-14)16-6-7-18-20(16)3/h6-7,9-10,12-13H,4-5,8,11H2,1-3H3/t13-/m0/s1. The van der Waals surface area contributed by atoms with Crippen LogP contribution in [0, 0.1) is 0 Å². The lowest BCUT2D eigenvalue weighted by molar-refractivity contribution is 0.166. The molecule has 112 valence electrons. The van der Waals surface area contributed by atoms with E-state index in [1.165, 1.54) is 19.4 Å². The molecule has 0 unspecified atom stereocenters. The average molecular weight is 285 g/mol. The Morgan fingerprint density at radius 3 is 2.86 bits per heavy atom. The van der Waals surface area contributed by atoms with E-state index in [1.807, 2.05) is 30.2 Å². The van der Waals surface area contributed by atoms with Crippen LogP contribution in [0.1, 0.15) is 38.3 Å². The molecule has 21 heavy (non-hydrogen) atoms. The van der Waals surface area contributed by atoms with Crippen molar-refractivity contribution in [3.05, 3.63) is 30.4 Å². The summed E-state index contributed by atoms with van der Waals surface area (Å²) in [6.07, 6.45) is 7.98. The van der Waals surface area contributed by atoms with Gasteiger partial charge in [-0.05, 0) is 39.3 Å². The van der Waals surface area contributed by atoms with Crippen molar-refractivity contribution in [2.75, 3.05) is 13.1 Å². The molecule has 1 aliphatic heterocycles. The lowest BCUT2D eigenvalue weighted by Crippen LogP contribution is -2.39. The van der Waals surface area contributed by atoms with Crippen LogP contribution in [0.5, 0.6) is 0 Å². The van der Waals surface area contributed by atoms with E-state index in [-0.39, 0.29) is 0 Å². The van der Waals surface area contributed by atoms with Crippen LogP contribution in [-0.4, -0.2) is 43.8 Å². The van der Waals surface area contributed by atoms with Crippen molar-refractivity contribution in [2.24, 2.45) is 7.05 Å². The Bertz CT molecular complexity index is 604. The number of likely N-dealkylation sites (tertiary alicyclic amines) is 1. The fourth-order valence-electron chi connectivity index (χ4n) is 3.04. The summed E-state index contributed by atoms with van der Waals surface area (Å²) in [5, 5.41) is 4.21. The molecular formula is C16H23N5. The number of nitrogens with zero attached hydrogens (tertiary/aromatic N) is 5. The molecule has 0 bridgehead atoms. The summed E-state index contributed by atoms with van der Waals surface area (Å²) in [7, 11) is 1.94. The molecule has 1 saturated heterocycles. The maximum atomic E-state index is 4.84. The van der Waals surface area contributed by atoms with Crippen LogP contribution in [0.25, 0.3) is 11.4 Å².